The molecule has 4 aromatic rings. The molecule has 128 valence electrons. The average molecular weight is 344 g/mol. The SMILES string of the molecule is O=C(Nc1ccc(OCc2ccccc2)cc1)c1ccc2ocnc2c1. The zero-order valence-electron chi connectivity index (χ0n) is 13.9. The highest BCUT2D eigenvalue weighted by molar-refractivity contribution is 6.05. The third-order valence-corrected chi connectivity index (χ3v) is 3.95. The molecular weight excluding hydrogens is 328 g/mol. The Morgan fingerprint density at radius 2 is 1.81 bits per heavy atom. The Balaban J connectivity index is 1.39. The van der Waals surface area contributed by atoms with Gasteiger partial charge >= 0.3 is 0 Å². The number of hydrogen-bond acceptors (Lipinski definition) is 4. The van der Waals surface area contributed by atoms with Crippen LogP contribution in [-0.4, -0.2) is 10.9 Å². The smallest absolute Gasteiger partial charge is 0.255 e. The number of carbonyl (C=O) groups excluding carboxylic acids is 1. The lowest BCUT2D eigenvalue weighted by Gasteiger charge is -2.08. The molecular formula is C21H16N2O3. The summed E-state index contributed by atoms with van der Waals surface area (Å²) in [5, 5.41) is 2.86. The first-order chi connectivity index (χ1) is 12.8. The standard InChI is InChI=1S/C21H16N2O3/c24-21(16-6-11-20-19(12-16)22-14-26-20)23-17-7-9-18(10-8-17)25-13-15-4-2-1-3-5-15/h1-12,14H,13H2,(H,23,24). The van der Waals surface area contributed by atoms with E-state index in [0.717, 1.165) is 11.3 Å². The van der Waals surface area contributed by atoms with E-state index in [-0.39, 0.29) is 5.91 Å². The maximum atomic E-state index is 12.4. The van der Waals surface area contributed by atoms with Gasteiger partial charge in [-0.3, -0.25) is 4.79 Å². The van der Waals surface area contributed by atoms with Crippen molar-refractivity contribution in [3.63, 3.8) is 0 Å². The van der Waals surface area contributed by atoms with Gasteiger partial charge in [-0.1, -0.05) is 30.3 Å². The van der Waals surface area contributed by atoms with E-state index in [0.29, 0.717) is 29.0 Å². The molecule has 0 saturated carbocycles. The number of rotatable bonds is 5. The largest absolute Gasteiger partial charge is 0.489 e. The molecule has 0 aliphatic rings. The molecule has 5 nitrogen and oxygen atoms in total. The number of oxazole rings is 1. The molecule has 0 saturated heterocycles. The van der Waals surface area contributed by atoms with E-state index in [1.54, 1.807) is 18.2 Å². The van der Waals surface area contributed by atoms with Crippen molar-refractivity contribution in [1.82, 2.24) is 4.98 Å². The highest BCUT2D eigenvalue weighted by Crippen LogP contribution is 2.19. The predicted molar refractivity (Wildman–Crippen MR) is 99.2 cm³/mol. The first-order valence-corrected chi connectivity index (χ1v) is 8.19. The molecule has 0 aliphatic carbocycles. The Labute approximate surface area is 150 Å². The van der Waals surface area contributed by atoms with Crippen LogP contribution < -0.4 is 10.1 Å². The van der Waals surface area contributed by atoms with Crippen LogP contribution in [0.15, 0.2) is 83.6 Å². The molecule has 3 aromatic carbocycles. The highest BCUT2D eigenvalue weighted by Gasteiger charge is 2.09. The van der Waals surface area contributed by atoms with E-state index >= 15 is 0 Å². The molecule has 0 fully saturated rings. The molecule has 0 atom stereocenters. The maximum Gasteiger partial charge on any atom is 0.255 e. The number of amides is 1. The normalized spacial score (nSPS) is 10.6. The van der Waals surface area contributed by atoms with E-state index in [1.165, 1.54) is 6.39 Å². The molecule has 4 rings (SSSR count). The second kappa shape index (κ2) is 7.11. The van der Waals surface area contributed by atoms with Crippen molar-refractivity contribution in [2.75, 3.05) is 5.32 Å². The second-order valence-electron chi connectivity index (χ2n) is 5.79. The van der Waals surface area contributed by atoms with Crippen molar-refractivity contribution in [3.8, 4) is 5.75 Å². The summed E-state index contributed by atoms with van der Waals surface area (Å²) < 4.78 is 10.9. The topological polar surface area (TPSA) is 64.4 Å². The van der Waals surface area contributed by atoms with Gasteiger partial charge < -0.3 is 14.5 Å². The fourth-order valence-corrected chi connectivity index (χ4v) is 2.58. The summed E-state index contributed by atoms with van der Waals surface area (Å²) in [6.45, 7) is 0.504. The van der Waals surface area contributed by atoms with Crippen LogP contribution in [0.25, 0.3) is 11.1 Å². The molecule has 0 spiro atoms. The van der Waals surface area contributed by atoms with Crippen LogP contribution in [0.4, 0.5) is 5.69 Å². The fraction of sp³-hybridized carbons (Fsp3) is 0.0476. The van der Waals surface area contributed by atoms with E-state index in [4.69, 9.17) is 9.15 Å². The van der Waals surface area contributed by atoms with Gasteiger partial charge in [0.1, 0.15) is 17.9 Å². The van der Waals surface area contributed by atoms with Gasteiger partial charge in [-0.2, -0.15) is 0 Å². The number of aromatic nitrogens is 1. The Hall–Kier alpha value is -3.60. The summed E-state index contributed by atoms with van der Waals surface area (Å²) in [6, 6.07) is 22.4. The Bertz CT molecular complexity index is 1020. The molecule has 1 N–H and O–H groups in total. The quantitative estimate of drug-likeness (QED) is 0.572. The lowest BCUT2D eigenvalue weighted by Crippen LogP contribution is -2.11. The number of nitrogens with one attached hydrogen (secondary N) is 1. The number of hydrogen-bond donors (Lipinski definition) is 1. The predicted octanol–water partition coefficient (Wildman–Crippen LogP) is 4.66. The van der Waals surface area contributed by atoms with Gasteiger partial charge in [0.15, 0.2) is 12.0 Å². The zero-order chi connectivity index (χ0) is 17.8. The average Bonchev–Trinajstić information content (AvgIpc) is 3.16. The highest BCUT2D eigenvalue weighted by atomic mass is 16.5. The van der Waals surface area contributed by atoms with Gasteiger partial charge in [0.25, 0.3) is 5.91 Å². The van der Waals surface area contributed by atoms with Gasteiger partial charge in [0.2, 0.25) is 0 Å². The lowest BCUT2D eigenvalue weighted by atomic mass is 10.2. The summed E-state index contributed by atoms with van der Waals surface area (Å²) in [5.41, 5.74) is 3.63. The van der Waals surface area contributed by atoms with Crippen molar-refractivity contribution in [1.29, 1.82) is 0 Å². The van der Waals surface area contributed by atoms with E-state index < -0.39 is 0 Å². The van der Waals surface area contributed by atoms with Gasteiger partial charge in [-0.25, -0.2) is 4.98 Å². The van der Waals surface area contributed by atoms with E-state index in [2.05, 4.69) is 10.3 Å². The van der Waals surface area contributed by atoms with Gasteiger partial charge in [-0.05, 0) is 48.0 Å². The monoisotopic (exact) mass is 344 g/mol. The molecule has 1 heterocycles. The molecule has 0 radical (unpaired) electrons. The van der Waals surface area contributed by atoms with Crippen molar-refractivity contribution >= 4 is 22.7 Å². The minimum Gasteiger partial charge on any atom is -0.489 e. The first-order valence-electron chi connectivity index (χ1n) is 8.19. The van der Waals surface area contributed by atoms with Crippen LogP contribution in [0.2, 0.25) is 0 Å². The summed E-state index contributed by atoms with van der Waals surface area (Å²) >= 11 is 0. The van der Waals surface area contributed by atoms with Gasteiger partial charge in [0.05, 0.1) is 0 Å². The number of fused-ring (bicyclic) bond motifs is 1. The van der Waals surface area contributed by atoms with E-state index in [1.807, 2.05) is 54.6 Å². The maximum absolute atomic E-state index is 12.4. The van der Waals surface area contributed by atoms with Gasteiger partial charge in [0, 0.05) is 11.3 Å². The summed E-state index contributed by atoms with van der Waals surface area (Å²) in [5.74, 6) is 0.545. The number of nitrogens with zero attached hydrogens (tertiary/aromatic N) is 1. The third-order valence-electron chi connectivity index (χ3n) is 3.95. The van der Waals surface area contributed by atoms with Crippen LogP contribution in [0, 0.1) is 0 Å². The van der Waals surface area contributed by atoms with Crippen molar-refractivity contribution < 1.29 is 13.9 Å². The van der Waals surface area contributed by atoms with Gasteiger partial charge in [-0.15, -0.1) is 0 Å². The Morgan fingerprint density at radius 1 is 1.00 bits per heavy atom. The minimum absolute atomic E-state index is 0.201. The second-order valence-corrected chi connectivity index (χ2v) is 5.79. The number of anilines is 1. The number of carbonyl (C=O) groups is 1. The molecule has 0 unspecified atom stereocenters. The third kappa shape index (κ3) is 3.57. The summed E-state index contributed by atoms with van der Waals surface area (Å²) in [4.78, 5) is 16.4. The first kappa shape index (κ1) is 15.9. The number of ether oxygens (including phenoxy) is 1. The summed E-state index contributed by atoms with van der Waals surface area (Å²) in [6.07, 6.45) is 1.36. The van der Waals surface area contributed by atoms with E-state index in [9.17, 15) is 4.79 Å². The Morgan fingerprint density at radius 3 is 2.62 bits per heavy atom. The number of benzene rings is 3. The van der Waals surface area contributed by atoms with Crippen LogP contribution in [0.3, 0.4) is 0 Å². The zero-order valence-corrected chi connectivity index (χ0v) is 13.9. The molecule has 0 bridgehead atoms. The molecule has 0 aliphatic heterocycles. The van der Waals surface area contributed by atoms with Crippen LogP contribution in [0.1, 0.15) is 15.9 Å². The summed E-state index contributed by atoms with van der Waals surface area (Å²) in [7, 11) is 0. The van der Waals surface area contributed by atoms with Crippen LogP contribution in [-0.2, 0) is 6.61 Å². The van der Waals surface area contributed by atoms with Crippen LogP contribution >= 0.6 is 0 Å². The molecule has 1 amide bonds. The molecule has 5 heteroatoms. The van der Waals surface area contributed by atoms with Crippen LogP contribution in [0.5, 0.6) is 5.75 Å². The minimum atomic E-state index is -0.201. The Kier molecular flexibility index (Phi) is 4.35. The fourth-order valence-electron chi connectivity index (χ4n) is 2.58. The molecule has 1 aromatic heterocycles. The van der Waals surface area contributed by atoms with Crippen molar-refractivity contribution in [3.05, 3.63) is 90.3 Å². The molecule has 26 heavy (non-hydrogen) atoms. The van der Waals surface area contributed by atoms with Crippen molar-refractivity contribution in [2.45, 2.75) is 6.61 Å². The van der Waals surface area contributed by atoms with Crippen molar-refractivity contribution in [2.24, 2.45) is 0 Å². The lowest BCUT2D eigenvalue weighted by molar-refractivity contribution is 0.102.